The van der Waals surface area contributed by atoms with Crippen molar-refractivity contribution in [2.45, 2.75) is 20.3 Å². The SMILES string of the molecule is CCc1cc(F)c(F)c(-c2ccc(OC)cc2C)c1. The van der Waals surface area contributed by atoms with Gasteiger partial charge < -0.3 is 4.74 Å². The van der Waals surface area contributed by atoms with Crippen molar-refractivity contribution in [3.05, 3.63) is 53.1 Å². The number of halogens is 2. The molecular formula is C16H16F2O. The van der Waals surface area contributed by atoms with Crippen LogP contribution in [0.25, 0.3) is 11.1 Å². The quantitative estimate of drug-likeness (QED) is 0.790. The van der Waals surface area contributed by atoms with E-state index >= 15 is 0 Å². The van der Waals surface area contributed by atoms with Crippen LogP contribution in [0.15, 0.2) is 30.3 Å². The molecule has 0 aliphatic heterocycles. The summed E-state index contributed by atoms with van der Waals surface area (Å²) in [5, 5.41) is 0. The van der Waals surface area contributed by atoms with Gasteiger partial charge in [0.15, 0.2) is 11.6 Å². The number of aryl methyl sites for hydroxylation is 2. The highest BCUT2D eigenvalue weighted by molar-refractivity contribution is 5.69. The number of rotatable bonds is 3. The topological polar surface area (TPSA) is 9.23 Å². The molecule has 0 radical (unpaired) electrons. The Bertz CT molecular complexity index is 606. The van der Waals surface area contributed by atoms with E-state index in [0.717, 1.165) is 11.1 Å². The van der Waals surface area contributed by atoms with Gasteiger partial charge in [-0.2, -0.15) is 0 Å². The van der Waals surface area contributed by atoms with Crippen LogP contribution in [0, 0.1) is 18.6 Å². The summed E-state index contributed by atoms with van der Waals surface area (Å²) in [7, 11) is 1.58. The summed E-state index contributed by atoms with van der Waals surface area (Å²) in [6, 6.07) is 8.26. The highest BCUT2D eigenvalue weighted by Crippen LogP contribution is 2.31. The van der Waals surface area contributed by atoms with Crippen LogP contribution in [0.5, 0.6) is 5.75 Å². The third kappa shape index (κ3) is 2.60. The van der Waals surface area contributed by atoms with Gasteiger partial charge in [0, 0.05) is 5.56 Å². The molecule has 3 heteroatoms. The van der Waals surface area contributed by atoms with E-state index in [1.807, 2.05) is 19.9 Å². The minimum Gasteiger partial charge on any atom is -0.497 e. The molecule has 0 aliphatic carbocycles. The molecule has 0 N–H and O–H groups in total. The zero-order chi connectivity index (χ0) is 14.0. The molecule has 2 aromatic rings. The summed E-state index contributed by atoms with van der Waals surface area (Å²) >= 11 is 0. The molecule has 0 heterocycles. The van der Waals surface area contributed by atoms with Crippen molar-refractivity contribution in [3.63, 3.8) is 0 Å². The van der Waals surface area contributed by atoms with Crippen molar-refractivity contribution < 1.29 is 13.5 Å². The summed E-state index contributed by atoms with van der Waals surface area (Å²) in [4.78, 5) is 0. The molecule has 0 spiro atoms. The van der Waals surface area contributed by atoms with Crippen LogP contribution in [-0.2, 0) is 6.42 Å². The number of ether oxygens (including phenoxy) is 1. The lowest BCUT2D eigenvalue weighted by atomic mass is 9.97. The van der Waals surface area contributed by atoms with E-state index in [2.05, 4.69) is 0 Å². The Balaban J connectivity index is 2.61. The van der Waals surface area contributed by atoms with Crippen molar-refractivity contribution in [2.24, 2.45) is 0 Å². The molecule has 100 valence electrons. The van der Waals surface area contributed by atoms with Crippen molar-refractivity contribution >= 4 is 0 Å². The van der Waals surface area contributed by atoms with E-state index in [1.165, 1.54) is 6.07 Å². The van der Waals surface area contributed by atoms with Gasteiger partial charge >= 0.3 is 0 Å². The number of methoxy groups -OCH3 is 1. The lowest BCUT2D eigenvalue weighted by Crippen LogP contribution is -1.95. The largest absolute Gasteiger partial charge is 0.497 e. The number of hydrogen-bond acceptors (Lipinski definition) is 1. The molecule has 0 fully saturated rings. The Morgan fingerprint density at radius 1 is 1.05 bits per heavy atom. The Morgan fingerprint density at radius 3 is 2.37 bits per heavy atom. The second-order valence-corrected chi connectivity index (χ2v) is 4.47. The van der Waals surface area contributed by atoms with E-state index in [9.17, 15) is 8.78 Å². The van der Waals surface area contributed by atoms with Crippen molar-refractivity contribution in [2.75, 3.05) is 7.11 Å². The van der Waals surface area contributed by atoms with E-state index in [1.54, 1.807) is 25.3 Å². The van der Waals surface area contributed by atoms with Gasteiger partial charge in [-0.05, 0) is 54.3 Å². The first kappa shape index (κ1) is 13.5. The highest BCUT2D eigenvalue weighted by Gasteiger charge is 2.14. The fraction of sp³-hybridized carbons (Fsp3) is 0.250. The molecule has 0 aliphatic rings. The molecule has 0 atom stereocenters. The standard InChI is InChI=1S/C16H16F2O/c1-4-11-8-14(16(18)15(17)9-11)13-6-5-12(19-3)7-10(13)2/h5-9H,4H2,1-3H3. The fourth-order valence-electron chi connectivity index (χ4n) is 2.11. The summed E-state index contributed by atoms with van der Waals surface area (Å²) < 4.78 is 32.7. The van der Waals surface area contributed by atoms with E-state index in [4.69, 9.17) is 4.74 Å². The third-order valence-corrected chi connectivity index (χ3v) is 3.22. The molecule has 2 aromatic carbocycles. The normalized spacial score (nSPS) is 10.6. The molecule has 19 heavy (non-hydrogen) atoms. The molecule has 0 bridgehead atoms. The van der Waals surface area contributed by atoms with Crippen LogP contribution in [0.2, 0.25) is 0 Å². The Labute approximate surface area is 111 Å². The van der Waals surface area contributed by atoms with Gasteiger partial charge in [0.25, 0.3) is 0 Å². The van der Waals surface area contributed by atoms with E-state index < -0.39 is 11.6 Å². The maximum atomic E-state index is 14.0. The molecule has 0 unspecified atom stereocenters. The average molecular weight is 262 g/mol. The zero-order valence-electron chi connectivity index (χ0n) is 11.3. The monoisotopic (exact) mass is 262 g/mol. The fourth-order valence-corrected chi connectivity index (χ4v) is 2.11. The molecule has 0 amide bonds. The summed E-state index contributed by atoms with van der Waals surface area (Å²) in [5.41, 5.74) is 2.62. The molecule has 1 nitrogen and oxygen atoms in total. The van der Waals surface area contributed by atoms with Crippen LogP contribution in [0.3, 0.4) is 0 Å². The maximum absolute atomic E-state index is 14.0. The summed E-state index contributed by atoms with van der Waals surface area (Å²) in [6.45, 7) is 3.77. The third-order valence-electron chi connectivity index (χ3n) is 3.22. The van der Waals surface area contributed by atoms with Gasteiger partial charge in [-0.3, -0.25) is 0 Å². The first-order valence-electron chi connectivity index (χ1n) is 6.19. The van der Waals surface area contributed by atoms with Gasteiger partial charge in [-0.15, -0.1) is 0 Å². The van der Waals surface area contributed by atoms with E-state index in [0.29, 0.717) is 23.3 Å². The lowest BCUT2D eigenvalue weighted by Gasteiger charge is -2.11. The minimum absolute atomic E-state index is 0.303. The summed E-state index contributed by atoms with van der Waals surface area (Å²) in [5.74, 6) is -0.899. The van der Waals surface area contributed by atoms with Crippen molar-refractivity contribution in [1.29, 1.82) is 0 Å². The zero-order valence-corrected chi connectivity index (χ0v) is 11.3. The lowest BCUT2D eigenvalue weighted by molar-refractivity contribution is 0.414. The van der Waals surface area contributed by atoms with Crippen molar-refractivity contribution in [1.82, 2.24) is 0 Å². The Morgan fingerprint density at radius 2 is 1.79 bits per heavy atom. The minimum atomic E-state index is -0.801. The van der Waals surface area contributed by atoms with Crippen LogP contribution in [-0.4, -0.2) is 7.11 Å². The Kier molecular flexibility index (Phi) is 3.84. The van der Waals surface area contributed by atoms with Gasteiger partial charge in [0.05, 0.1) is 7.11 Å². The van der Waals surface area contributed by atoms with E-state index in [-0.39, 0.29) is 0 Å². The smallest absolute Gasteiger partial charge is 0.166 e. The Hall–Kier alpha value is -1.90. The van der Waals surface area contributed by atoms with Crippen LogP contribution < -0.4 is 4.74 Å². The van der Waals surface area contributed by atoms with Crippen molar-refractivity contribution in [3.8, 4) is 16.9 Å². The molecule has 0 saturated carbocycles. The second kappa shape index (κ2) is 5.39. The van der Waals surface area contributed by atoms with Gasteiger partial charge in [-0.25, -0.2) is 8.78 Å². The van der Waals surface area contributed by atoms with Gasteiger partial charge in [-0.1, -0.05) is 13.0 Å². The highest BCUT2D eigenvalue weighted by atomic mass is 19.2. The second-order valence-electron chi connectivity index (χ2n) is 4.47. The molecular weight excluding hydrogens is 246 g/mol. The van der Waals surface area contributed by atoms with Crippen LogP contribution in [0.4, 0.5) is 8.78 Å². The van der Waals surface area contributed by atoms with Crippen LogP contribution in [0.1, 0.15) is 18.1 Å². The number of hydrogen-bond donors (Lipinski definition) is 0. The molecule has 2 rings (SSSR count). The molecule has 0 aromatic heterocycles. The van der Waals surface area contributed by atoms with Gasteiger partial charge in [0.2, 0.25) is 0 Å². The summed E-state index contributed by atoms with van der Waals surface area (Å²) in [6.07, 6.45) is 0.666. The predicted molar refractivity (Wildman–Crippen MR) is 72.5 cm³/mol. The van der Waals surface area contributed by atoms with Crippen LogP contribution >= 0.6 is 0 Å². The average Bonchev–Trinajstić information content (AvgIpc) is 2.42. The number of benzene rings is 2. The van der Waals surface area contributed by atoms with Gasteiger partial charge in [0.1, 0.15) is 5.75 Å². The maximum Gasteiger partial charge on any atom is 0.166 e. The first-order valence-corrected chi connectivity index (χ1v) is 6.19. The first-order chi connectivity index (χ1) is 9.06. The predicted octanol–water partition coefficient (Wildman–Crippen LogP) is 4.51. The molecule has 0 saturated heterocycles.